The standard InChI is InChI=1S/C16H32/c1-4-6-7-8-9-10-15-12-11-14(3)16(5-2)13-15/h14-16H,4-13H2,1-3H3. The summed E-state index contributed by atoms with van der Waals surface area (Å²) in [6.07, 6.45) is 14.7. The van der Waals surface area contributed by atoms with E-state index < -0.39 is 0 Å². The molecular formula is C16H32. The van der Waals surface area contributed by atoms with Crippen molar-refractivity contribution in [2.75, 3.05) is 0 Å². The highest BCUT2D eigenvalue weighted by Crippen LogP contribution is 2.37. The summed E-state index contributed by atoms with van der Waals surface area (Å²) in [5.74, 6) is 3.11. The van der Waals surface area contributed by atoms with E-state index in [1.807, 2.05) is 0 Å². The summed E-state index contributed by atoms with van der Waals surface area (Å²) in [5, 5.41) is 0. The van der Waals surface area contributed by atoms with Gasteiger partial charge in [-0.3, -0.25) is 0 Å². The quantitative estimate of drug-likeness (QED) is 0.479. The smallest absolute Gasteiger partial charge is 0.0388 e. The largest absolute Gasteiger partial charge is 0.0654 e. The van der Waals surface area contributed by atoms with Crippen molar-refractivity contribution in [3.8, 4) is 0 Å². The van der Waals surface area contributed by atoms with Crippen molar-refractivity contribution in [2.45, 2.75) is 85.0 Å². The van der Waals surface area contributed by atoms with Gasteiger partial charge in [0, 0.05) is 0 Å². The Balaban J connectivity index is 2.08. The molecule has 1 fully saturated rings. The Bertz CT molecular complexity index is 161. The lowest BCUT2D eigenvalue weighted by atomic mass is 9.72. The fourth-order valence-corrected chi connectivity index (χ4v) is 3.38. The third-order valence-corrected chi connectivity index (χ3v) is 4.71. The first-order valence-corrected chi connectivity index (χ1v) is 7.77. The summed E-state index contributed by atoms with van der Waals surface area (Å²) in [4.78, 5) is 0. The molecule has 0 radical (unpaired) electrons. The van der Waals surface area contributed by atoms with E-state index in [2.05, 4.69) is 20.8 Å². The zero-order valence-electron chi connectivity index (χ0n) is 11.8. The maximum Gasteiger partial charge on any atom is -0.0388 e. The number of unbranched alkanes of at least 4 members (excludes halogenated alkanes) is 4. The number of hydrogen-bond donors (Lipinski definition) is 0. The van der Waals surface area contributed by atoms with Crippen molar-refractivity contribution >= 4 is 0 Å². The average Bonchev–Trinajstić information content (AvgIpc) is 2.31. The Hall–Kier alpha value is 0. The minimum absolute atomic E-state index is 1.00. The Morgan fingerprint density at radius 2 is 1.69 bits per heavy atom. The molecule has 0 aromatic rings. The van der Waals surface area contributed by atoms with Crippen LogP contribution in [0.4, 0.5) is 0 Å². The van der Waals surface area contributed by atoms with E-state index in [1.54, 1.807) is 0 Å². The van der Waals surface area contributed by atoms with E-state index in [0.717, 1.165) is 17.8 Å². The number of hydrogen-bond acceptors (Lipinski definition) is 0. The third kappa shape index (κ3) is 4.89. The molecule has 0 heterocycles. The van der Waals surface area contributed by atoms with Gasteiger partial charge in [0.1, 0.15) is 0 Å². The summed E-state index contributed by atoms with van der Waals surface area (Å²) in [7, 11) is 0. The highest BCUT2D eigenvalue weighted by atomic mass is 14.3. The summed E-state index contributed by atoms with van der Waals surface area (Å²) < 4.78 is 0. The van der Waals surface area contributed by atoms with Gasteiger partial charge in [0.25, 0.3) is 0 Å². The Morgan fingerprint density at radius 1 is 0.938 bits per heavy atom. The van der Waals surface area contributed by atoms with Crippen LogP contribution in [0.1, 0.15) is 85.0 Å². The first kappa shape index (κ1) is 14.1. The van der Waals surface area contributed by atoms with Crippen molar-refractivity contribution in [1.29, 1.82) is 0 Å². The molecule has 0 aromatic carbocycles. The lowest BCUT2D eigenvalue weighted by molar-refractivity contribution is 0.178. The molecule has 3 unspecified atom stereocenters. The van der Waals surface area contributed by atoms with Crippen LogP contribution in [0.2, 0.25) is 0 Å². The maximum atomic E-state index is 2.46. The molecule has 0 bridgehead atoms. The molecule has 16 heavy (non-hydrogen) atoms. The first-order chi connectivity index (χ1) is 7.77. The topological polar surface area (TPSA) is 0 Å². The fraction of sp³-hybridized carbons (Fsp3) is 1.00. The maximum absolute atomic E-state index is 2.46. The zero-order chi connectivity index (χ0) is 11.8. The SMILES string of the molecule is CCCCCCCC1CCC(C)C(CC)C1. The highest BCUT2D eigenvalue weighted by molar-refractivity contribution is 4.77. The molecular weight excluding hydrogens is 192 g/mol. The van der Waals surface area contributed by atoms with Crippen LogP contribution in [0.25, 0.3) is 0 Å². The molecule has 1 rings (SSSR count). The van der Waals surface area contributed by atoms with Gasteiger partial charge in [-0.1, -0.05) is 78.6 Å². The second-order valence-electron chi connectivity index (χ2n) is 6.03. The summed E-state index contributed by atoms with van der Waals surface area (Å²) in [6, 6.07) is 0. The molecule has 0 N–H and O–H groups in total. The molecule has 0 aliphatic heterocycles. The van der Waals surface area contributed by atoms with Gasteiger partial charge < -0.3 is 0 Å². The molecule has 96 valence electrons. The minimum Gasteiger partial charge on any atom is -0.0654 e. The van der Waals surface area contributed by atoms with E-state index in [0.29, 0.717) is 0 Å². The molecule has 3 atom stereocenters. The normalized spacial score (nSPS) is 30.6. The average molecular weight is 224 g/mol. The predicted octanol–water partition coefficient (Wildman–Crippen LogP) is 5.81. The van der Waals surface area contributed by atoms with E-state index >= 15 is 0 Å². The van der Waals surface area contributed by atoms with Gasteiger partial charge in [0.2, 0.25) is 0 Å². The molecule has 0 saturated heterocycles. The monoisotopic (exact) mass is 224 g/mol. The zero-order valence-corrected chi connectivity index (χ0v) is 11.8. The molecule has 0 amide bonds. The van der Waals surface area contributed by atoms with Gasteiger partial charge in [0.15, 0.2) is 0 Å². The van der Waals surface area contributed by atoms with Crippen LogP contribution in [0.5, 0.6) is 0 Å². The van der Waals surface area contributed by atoms with Gasteiger partial charge in [-0.2, -0.15) is 0 Å². The molecule has 1 aliphatic rings. The third-order valence-electron chi connectivity index (χ3n) is 4.71. The molecule has 0 spiro atoms. The van der Waals surface area contributed by atoms with Crippen LogP contribution in [0, 0.1) is 17.8 Å². The Kier molecular flexibility index (Phi) is 7.16. The van der Waals surface area contributed by atoms with E-state index in [4.69, 9.17) is 0 Å². The van der Waals surface area contributed by atoms with Crippen LogP contribution >= 0.6 is 0 Å². The van der Waals surface area contributed by atoms with Crippen LogP contribution in [0.3, 0.4) is 0 Å². The van der Waals surface area contributed by atoms with Crippen molar-refractivity contribution in [1.82, 2.24) is 0 Å². The van der Waals surface area contributed by atoms with Crippen molar-refractivity contribution in [3.63, 3.8) is 0 Å². The summed E-state index contributed by atoms with van der Waals surface area (Å²) in [6.45, 7) is 7.14. The first-order valence-electron chi connectivity index (χ1n) is 7.77. The summed E-state index contributed by atoms with van der Waals surface area (Å²) >= 11 is 0. The van der Waals surface area contributed by atoms with Crippen LogP contribution in [-0.2, 0) is 0 Å². The second kappa shape index (κ2) is 8.14. The lowest BCUT2D eigenvalue weighted by Gasteiger charge is -2.33. The second-order valence-corrected chi connectivity index (χ2v) is 6.03. The van der Waals surface area contributed by atoms with Gasteiger partial charge in [-0.25, -0.2) is 0 Å². The molecule has 0 heteroatoms. The molecule has 1 saturated carbocycles. The Morgan fingerprint density at radius 3 is 2.38 bits per heavy atom. The van der Waals surface area contributed by atoms with Crippen molar-refractivity contribution in [3.05, 3.63) is 0 Å². The van der Waals surface area contributed by atoms with E-state index in [1.165, 1.54) is 64.2 Å². The van der Waals surface area contributed by atoms with Gasteiger partial charge in [-0.05, 0) is 24.2 Å². The minimum atomic E-state index is 1.00. The lowest BCUT2D eigenvalue weighted by Crippen LogP contribution is -2.22. The van der Waals surface area contributed by atoms with Crippen molar-refractivity contribution < 1.29 is 0 Å². The van der Waals surface area contributed by atoms with Crippen LogP contribution < -0.4 is 0 Å². The van der Waals surface area contributed by atoms with Gasteiger partial charge >= 0.3 is 0 Å². The van der Waals surface area contributed by atoms with Crippen LogP contribution in [-0.4, -0.2) is 0 Å². The van der Waals surface area contributed by atoms with Crippen LogP contribution in [0.15, 0.2) is 0 Å². The summed E-state index contributed by atoms with van der Waals surface area (Å²) in [5.41, 5.74) is 0. The van der Waals surface area contributed by atoms with E-state index in [-0.39, 0.29) is 0 Å². The van der Waals surface area contributed by atoms with Gasteiger partial charge in [-0.15, -0.1) is 0 Å². The molecule has 1 aliphatic carbocycles. The fourth-order valence-electron chi connectivity index (χ4n) is 3.38. The van der Waals surface area contributed by atoms with Gasteiger partial charge in [0.05, 0.1) is 0 Å². The highest BCUT2D eigenvalue weighted by Gasteiger charge is 2.25. The predicted molar refractivity (Wildman–Crippen MR) is 73.7 cm³/mol. The van der Waals surface area contributed by atoms with Crippen molar-refractivity contribution in [2.24, 2.45) is 17.8 Å². The number of rotatable bonds is 7. The molecule has 0 aromatic heterocycles. The Labute approximate surface area is 103 Å². The van der Waals surface area contributed by atoms with E-state index in [9.17, 15) is 0 Å². The molecule has 0 nitrogen and oxygen atoms in total.